The van der Waals surface area contributed by atoms with Gasteiger partial charge in [-0.1, -0.05) is 64.7 Å². The van der Waals surface area contributed by atoms with Crippen LogP contribution < -0.4 is 5.32 Å². The molecule has 0 bridgehead atoms. The Hall–Kier alpha value is -0.570. The third-order valence-corrected chi connectivity index (χ3v) is 4.52. The first-order valence-corrected chi connectivity index (χ1v) is 9.28. The van der Waals surface area contributed by atoms with Crippen molar-refractivity contribution < 1.29 is 4.79 Å². The van der Waals surface area contributed by atoms with Gasteiger partial charge in [-0.05, 0) is 26.3 Å². The molecule has 0 radical (unpaired) electrons. The van der Waals surface area contributed by atoms with E-state index in [9.17, 15) is 4.79 Å². The first kappa shape index (κ1) is 18.5. The van der Waals surface area contributed by atoms with Gasteiger partial charge in [-0.15, -0.1) is 0 Å². The molecule has 0 saturated carbocycles. The van der Waals surface area contributed by atoms with Crippen molar-refractivity contribution in [3.05, 3.63) is 0 Å². The van der Waals surface area contributed by atoms with E-state index in [-0.39, 0.29) is 6.04 Å². The van der Waals surface area contributed by atoms with Gasteiger partial charge in [0.05, 0.1) is 6.04 Å². The summed E-state index contributed by atoms with van der Waals surface area (Å²) in [6, 6.07) is 0.00983. The minimum atomic E-state index is 0.00983. The normalized spacial score (nSPS) is 19.8. The number of nitrogens with one attached hydrogen (secondary N) is 1. The zero-order valence-electron chi connectivity index (χ0n) is 14.3. The molecule has 0 aliphatic carbocycles. The molecule has 1 rings (SSSR count). The van der Waals surface area contributed by atoms with E-state index < -0.39 is 0 Å². The molecule has 1 heterocycles. The average Bonchev–Trinajstić information content (AvgIpc) is 2.64. The van der Waals surface area contributed by atoms with Crippen molar-refractivity contribution in [2.45, 2.75) is 90.5 Å². The van der Waals surface area contributed by atoms with Crippen LogP contribution in [0.2, 0.25) is 0 Å². The molecule has 0 aromatic rings. The van der Waals surface area contributed by atoms with Gasteiger partial charge in [-0.2, -0.15) is 0 Å². The zero-order chi connectivity index (χ0) is 15.3. The second kappa shape index (κ2) is 12.0. The maximum absolute atomic E-state index is 12.1. The Kier molecular flexibility index (Phi) is 10.6. The van der Waals surface area contributed by atoms with Gasteiger partial charge in [0, 0.05) is 13.1 Å². The van der Waals surface area contributed by atoms with Gasteiger partial charge in [-0.25, -0.2) is 0 Å². The molecule has 124 valence electrons. The van der Waals surface area contributed by atoms with E-state index in [0.717, 1.165) is 26.1 Å². The molecule has 0 aromatic carbocycles. The van der Waals surface area contributed by atoms with Crippen LogP contribution >= 0.6 is 0 Å². The largest absolute Gasteiger partial charge is 0.341 e. The Morgan fingerprint density at radius 1 is 1.00 bits per heavy atom. The highest BCUT2D eigenvalue weighted by atomic mass is 16.2. The van der Waals surface area contributed by atoms with Gasteiger partial charge in [-0.3, -0.25) is 4.79 Å². The van der Waals surface area contributed by atoms with Gasteiger partial charge in [0.1, 0.15) is 0 Å². The number of amides is 1. The summed E-state index contributed by atoms with van der Waals surface area (Å²) >= 11 is 0. The molecule has 1 atom stereocenters. The third kappa shape index (κ3) is 8.45. The van der Waals surface area contributed by atoms with Crippen LogP contribution in [0.25, 0.3) is 0 Å². The molecule has 1 aliphatic rings. The van der Waals surface area contributed by atoms with Crippen molar-refractivity contribution in [1.82, 2.24) is 10.2 Å². The fraction of sp³-hybridized carbons (Fsp3) is 0.944. The Morgan fingerprint density at radius 2 is 1.57 bits per heavy atom. The lowest BCUT2D eigenvalue weighted by Crippen LogP contribution is -2.42. The Morgan fingerprint density at radius 3 is 2.19 bits per heavy atom. The Labute approximate surface area is 131 Å². The summed E-state index contributed by atoms with van der Waals surface area (Å²) in [5.74, 6) is 0.295. The summed E-state index contributed by atoms with van der Waals surface area (Å²) in [5, 5.41) is 3.27. The first-order valence-electron chi connectivity index (χ1n) is 9.28. The lowest BCUT2D eigenvalue weighted by molar-refractivity contribution is -0.132. The van der Waals surface area contributed by atoms with Gasteiger partial charge in [0.2, 0.25) is 5.91 Å². The first-order chi connectivity index (χ1) is 10.3. The van der Waals surface area contributed by atoms with Crippen molar-refractivity contribution in [1.29, 1.82) is 0 Å². The summed E-state index contributed by atoms with van der Waals surface area (Å²) in [6.45, 7) is 7.13. The molecule has 1 saturated heterocycles. The molecule has 1 fully saturated rings. The predicted octanol–water partition coefficient (Wildman–Crippen LogP) is 4.12. The zero-order valence-corrected chi connectivity index (χ0v) is 14.3. The minimum absolute atomic E-state index is 0.00983. The molecule has 1 N–H and O–H groups in total. The van der Waals surface area contributed by atoms with E-state index >= 15 is 0 Å². The Balaban J connectivity index is 1.95. The molecule has 1 amide bonds. The van der Waals surface area contributed by atoms with Crippen LogP contribution in [0.1, 0.15) is 84.5 Å². The molecule has 1 unspecified atom stereocenters. The summed E-state index contributed by atoms with van der Waals surface area (Å²) in [5.41, 5.74) is 0. The van der Waals surface area contributed by atoms with Crippen LogP contribution in [0.3, 0.4) is 0 Å². The summed E-state index contributed by atoms with van der Waals surface area (Å²) < 4.78 is 0. The fourth-order valence-corrected chi connectivity index (χ4v) is 3.07. The van der Waals surface area contributed by atoms with E-state index in [1.807, 2.05) is 6.92 Å². The SMILES string of the molecule is CCCCCCCCCCCCN1CCCNC(C)C1=O. The van der Waals surface area contributed by atoms with Gasteiger partial charge in [0.25, 0.3) is 0 Å². The maximum Gasteiger partial charge on any atom is 0.239 e. The molecule has 0 aromatic heterocycles. The summed E-state index contributed by atoms with van der Waals surface area (Å²) in [4.78, 5) is 14.2. The molecule has 0 spiro atoms. The highest BCUT2D eigenvalue weighted by Crippen LogP contribution is 2.11. The average molecular weight is 296 g/mol. The number of carbonyl (C=O) groups is 1. The molecule has 1 aliphatic heterocycles. The van der Waals surface area contributed by atoms with Gasteiger partial charge < -0.3 is 10.2 Å². The minimum Gasteiger partial charge on any atom is -0.341 e. The Bertz CT molecular complexity index is 268. The molecular formula is C18H36N2O. The van der Waals surface area contributed by atoms with Crippen molar-refractivity contribution in [3.63, 3.8) is 0 Å². The van der Waals surface area contributed by atoms with E-state index in [1.54, 1.807) is 0 Å². The van der Waals surface area contributed by atoms with E-state index in [1.165, 1.54) is 64.2 Å². The van der Waals surface area contributed by atoms with Crippen LogP contribution in [0.5, 0.6) is 0 Å². The molecule has 21 heavy (non-hydrogen) atoms. The van der Waals surface area contributed by atoms with E-state index in [0.29, 0.717) is 5.91 Å². The number of nitrogens with zero attached hydrogens (tertiary/aromatic N) is 1. The van der Waals surface area contributed by atoms with Crippen LogP contribution in [-0.2, 0) is 4.79 Å². The van der Waals surface area contributed by atoms with E-state index in [4.69, 9.17) is 0 Å². The fourth-order valence-electron chi connectivity index (χ4n) is 3.07. The van der Waals surface area contributed by atoms with Crippen LogP contribution in [0, 0.1) is 0 Å². The van der Waals surface area contributed by atoms with Crippen LogP contribution in [0.4, 0.5) is 0 Å². The highest BCUT2D eigenvalue weighted by molar-refractivity contribution is 5.81. The number of carbonyl (C=O) groups excluding carboxylic acids is 1. The van der Waals surface area contributed by atoms with Gasteiger partial charge in [0.15, 0.2) is 0 Å². The lowest BCUT2D eigenvalue weighted by atomic mass is 10.1. The second-order valence-corrected chi connectivity index (χ2v) is 6.54. The second-order valence-electron chi connectivity index (χ2n) is 6.54. The van der Waals surface area contributed by atoms with Crippen LogP contribution in [-0.4, -0.2) is 36.5 Å². The molecule has 3 heteroatoms. The van der Waals surface area contributed by atoms with Crippen molar-refractivity contribution in [3.8, 4) is 0 Å². The molecular weight excluding hydrogens is 260 g/mol. The number of hydrogen-bond acceptors (Lipinski definition) is 2. The predicted molar refractivity (Wildman–Crippen MR) is 90.5 cm³/mol. The smallest absolute Gasteiger partial charge is 0.239 e. The maximum atomic E-state index is 12.1. The summed E-state index contributed by atoms with van der Waals surface area (Å²) in [7, 11) is 0. The lowest BCUT2D eigenvalue weighted by Gasteiger charge is -2.22. The topological polar surface area (TPSA) is 32.3 Å². The van der Waals surface area contributed by atoms with Crippen molar-refractivity contribution in [2.24, 2.45) is 0 Å². The third-order valence-electron chi connectivity index (χ3n) is 4.52. The standard InChI is InChI=1S/C18H36N2O/c1-3-4-5-6-7-8-9-10-11-12-15-20-16-13-14-19-17(2)18(20)21/h17,19H,3-16H2,1-2H3. The summed E-state index contributed by atoms with van der Waals surface area (Å²) in [6.07, 6.45) is 14.6. The quantitative estimate of drug-likeness (QED) is 0.582. The molecule has 3 nitrogen and oxygen atoms in total. The monoisotopic (exact) mass is 296 g/mol. The number of unbranched alkanes of at least 4 members (excludes halogenated alkanes) is 9. The van der Waals surface area contributed by atoms with Gasteiger partial charge >= 0.3 is 0 Å². The number of hydrogen-bond donors (Lipinski definition) is 1. The van der Waals surface area contributed by atoms with E-state index in [2.05, 4.69) is 17.1 Å². The number of rotatable bonds is 11. The highest BCUT2D eigenvalue weighted by Gasteiger charge is 2.21. The van der Waals surface area contributed by atoms with Crippen molar-refractivity contribution >= 4 is 5.91 Å². The van der Waals surface area contributed by atoms with Crippen LogP contribution in [0.15, 0.2) is 0 Å². The van der Waals surface area contributed by atoms with Crippen molar-refractivity contribution in [2.75, 3.05) is 19.6 Å².